The fraction of sp³-hybridized carbons (Fsp3) is 0.222. The molecule has 0 aliphatic carbocycles. The predicted octanol–water partition coefficient (Wildman–Crippen LogP) is 3.93. The van der Waals surface area contributed by atoms with Gasteiger partial charge < -0.3 is 20.3 Å². The summed E-state index contributed by atoms with van der Waals surface area (Å²) in [5.41, 5.74) is 3.66. The van der Waals surface area contributed by atoms with E-state index in [1.807, 2.05) is 31.2 Å². The van der Waals surface area contributed by atoms with Crippen LogP contribution in [0, 0.1) is 12.8 Å². The molecule has 7 heteroatoms. The lowest BCUT2D eigenvalue weighted by molar-refractivity contribution is -0.122. The second-order valence-corrected chi connectivity index (χ2v) is 8.31. The first-order valence-electron chi connectivity index (χ1n) is 11.1. The Morgan fingerprint density at radius 3 is 2.41 bits per heavy atom. The largest absolute Gasteiger partial charge is 0.497 e. The minimum Gasteiger partial charge on any atom is -0.497 e. The molecule has 4 rings (SSSR count). The van der Waals surface area contributed by atoms with Crippen LogP contribution in [0.5, 0.6) is 5.75 Å². The fourth-order valence-electron chi connectivity index (χ4n) is 3.90. The van der Waals surface area contributed by atoms with Crippen molar-refractivity contribution < 1.29 is 19.1 Å². The van der Waals surface area contributed by atoms with Gasteiger partial charge in [-0.2, -0.15) is 0 Å². The van der Waals surface area contributed by atoms with Crippen LogP contribution in [-0.4, -0.2) is 31.4 Å². The molecule has 0 spiro atoms. The molecule has 174 valence electrons. The molecule has 0 radical (unpaired) electrons. The number of hydrogen-bond acceptors (Lipinski definition) is 4. The summed E-state index contributed by atoms with van der Waals surface area (Å²) in [6, 6.07) is 21.9. The molecule has 0 aromatic heterocycles. The zero-order valence-electron chi connectivity index (χ0n) is 19.2. The molecule has 34 heavy (non-hydrogen) atoms. The predicted molar refractivity (Wildman–Crippen MR) is 131 cm³/mol. The molecule has 1 unspecified atom stereocenters. The first-order valence-corrected chi connectivity index (χ1v) is 11.1. The van der Waals surface area contributed by atoms with E-state index in [2.05, 4.69) is 10.6 Å². The number of rotatable bonds is 7. The Balaban J connectivity index is 1.40. The van der Waals surface area contributed by atoms with Crippen LogP contribution in [0.3, 0.4) is 0 Å². The smallest absolute Gasteiger partial charge is 0.253 e. The Bertz CT molecular complexity index is 1190. The van der Waals surface area contributed by atoms with E-state index in [9.17, 15) is 14.4 Å². The fourth-order valence-corrected chi connectivity index (χ4v) is 3.90. The van der Waals surface area contributed by atoms with Gasteiger partial charge in [0.1, 0.15) is 5.75 Å². The molecule has 7 nitrogen and oxygen atoms in total. The van der Waals surface area contributed by atoms with Crippen LogP contribution in [0.25, 0.3) is 0 Å². The number of carbonyl (C=O) groups excluding carboxylic acids is 3. The maximum atomic E-state index is 13.0. The molecule has 3 aromatic rings. The summed E-state index contributed by atoms with van der Waals surface area (Å²) in [7, 11) is 1.58. The van der Waals surface area contributed by atoms with E-state index in [1.54, 1.807) is 60.5 Å². The van der Waals surface area contributed by atoms with Gasteiger partial charge in [-0.3, -0.25) is 14.4 Å². The summed E-state index contributed by atoms with van der Waals surface area (Å²) in [5.74, 6) is -0.503. The number of nitrogens with one attached hydrogen (secondary N) is 2. The summed E-state index contributed by atoms with van der Waals surface area (Å²) in [6.45, 7) is 2.67. The molecule has 1 fully saturated rings. The summed E-state index contributed by atoms with van der Waals surface area (Å²) in [4.78, 5) is 40.0. The topological polar surface area (TPSA) is 87.7 Å². The van der Waals surface area contributed by atoms with E-state index in [0.29, 0.717) is 23.5 Å². The number of ether oxygens (including phenoxy) is 1. The van der Waals surface area contributed by atoms with Crippen LogP contribution < -0.4 is 20.3 Å². The van der Waals surface area contributed by atoms with Gasteiger partial charge in [0.25, 0.3) is 5.91 Å². The normalized spacial score (nSPS) is 15.2. The van der Waals surface area contributed by atoms with Crippen molar-refractivity contribution in [2.24, 2.45) is 5.92 Å². The Kier molecular flexibility index (Phi) is 6.92. The van der Waals surface area contributed by atoms with Gasteiger partial charge in [-0.05, 0) is 48.9 Å². The molecule has 0 bridgehead atoms. The van der Waals surface area contributed by atoms with Crippen molar-refractivity contribution in [3.63, 3.8) is 0 Å². The third-order valence-corrected chi connectivity index (χ3v) is 5.88. The zero-order valence-corrected chi connectivity index (χ0v) is 19.2. The molecular formula is C27H27N3O4. The van der Waals surface area contributed by atoms with Crippen LogP contribution in [0.4, 0.5) is 11.4 Å². The first-order chi connectivity index (χ1) is 16.4. The lowest BCUT2D eigenvalue weighted by Gasteiger charge is -2.17. The molecular weight excluding hydrogens is 430 g/mol. The molecule has 1 aliphatic rings. The minimum atomic E-state index is -0.515. The highest BCUT2D eigenvalue weighted by Gasteiger charge is 2.35. The van der Waals surface area contributed by atoms with Crippen molar-refractivity contribution in [2.45, 2.75) is 19.9 Å². The van der Waals surface area contributed by atoms with Crippen molar-refractivity contribution in [1.29, 1.82) is 0 Å². The lowest BCUT2D eigenvalue weighted by atomic mass is 10.1. The second kappa shape index (κ2) is 10.2. The molecule has 3 aromatic carbocycles. The Labute approximate surface area is 198 Å². The monoisotopic (exact) mass is 457 g/mol. The second-order valence-electron chi connectivity index (χ2n) is 8.31. The number of benzene rings is 3. The Hall–Kier alpha value is -4.13. The highest BCUT2D eigenvalue weighted by Crippen LogP contribution is 2.28. The van der Waals surface area contributed by atoms with Gasteiger partial charge in [0.05, 0.1) is 24.3 Å². The van der Waals surface area contributed by atoms with E-state index in [0.717, 1.165) is 16.8 Å². The summed E-state index contributed by atoms with van der Waals surface area (Å²) in [5, 5.41) is 5.75. The van der Waals surface area contributed by atoms with E-state index in [4.69, 9.17) is 4.74 Å². The maximum Gasteiger partial charge on any atom is 0.253 e. The number of carbonyl (C=O) groups is 3. The van der Waals surface area contributed by atoms with Gasteiger partial charge in [0, 0.05) is 25.2 Å². The lowest BCUT2D eigenvalue weighted by Crippen LogP contribution is -2.29. The van der Waals surface area contributed by atoms with E-state index >= 15 is 0 Å². The Morgan fingerprint density at radius 1 is 1.00 bits per heavy atom. The van der Waals surface area contributed by atoms with E-state index < -0.39 is 5.92 Å². The highest BCUT2D eigenvalue weighted by molar-refractivity contribution is 6.07. The van der Waals surface area contributed by atoms with Gasteiger partial charge in [-0.25, -0.2) is 0 Å². The van der Waals surface area contributed by atoms with E-state index in [-0.39, 0.29) is 30.7 Å². The van der Waals surface area contributed by atoms with Crippen molar-refractivity contribution >= 4 is 29.1 Å². The van der Waals surface area contributed by atoms with Gasteiger partial charge in [0.15, 0.2) is 0 Å². The maximum absolute atomic E-state index is 13.0. The number of methoxy groups -OCH3 is 1. The third kappa shape index (κ3) is 5.26. The van der Waals surface area contributed by atoms with Gasteiger partial charge in [-0.1, -0.05) is 42.0 Å². The van der Waals surface area contributed by atoms with Crippen LogP contribution in [0.1, 0.15) is 27.9 Å². The SMILES string of the molecule is COc1ccc(N2CC(C(=O)Nc3ccccc3C(=O)NCc3ccc(C)cc3)CC2=O)cc1. The number of aryl methyl sites for hydroxylation is 1. The molecule has 1 heterocycles. The number of anilines is 2. The van der Waals surface area contributed by atoms with Crippen LogP contribution >= 0.6 is 0 Å². The molecule has 1 aliphatic heterocycles. The molecule has 2 N–H and O–H groups in total. The van der Waals surface area contributed by atoms with Crippen molar-refractivity contribution in [1.82, 2.24) is 5.32 Å². The average Bonchev–Trinajstić information content (AvgIpc) is 3.25. The number of nitrogens with zero attached hydrogens (tertiary/aromatic N) is 1. The van der Waals surface area contributed by atoms with Gasteiger partial charge >= 0.3 is 0 Å². The number of hydrogen-bond donors (Lipinski definition) is 2. The van der Waals surface area contributed by atoms with Gasteiger partial charge in [-0.15, -0.1) is 0 Å². The van der Waals surface area contributed by atoms with Crippen LogP contribution in [0.2, 0.25) is 0 Å². The average molecular weight is 458 g/mol. The summed E-state index contributed by atoms with van der Waals surface area (Å²) < 4.78 is 5.16. The third-order valence-electron chi connectivity index (χ3n) is 5.88. The standard InChI is InChI=1S/C27H27N3O4/c1-18-7-9-19(10-8-18)16-28-27(33)23-5-3-4-6-24(23)29-26(32)20-15-25(31)30(17-20)21-11-13-22(34-2)14-12-21/h3-14,20H,15-17H2,1-2H3,(H,28,33)(H,29,32). The van der Waals surface area contributed by atoms with Crippen LogP contribution in [-0.2, 0) is 16.1 Å². The van der Waals surface area contributed by atoms with Crippen LogP contribution in [0.15, 0.2) is 72.8 Å². The summed E-state index contributed by atoms with van der Waals surface area (Å²) in [6.07, 6.45) is 0.111. The first kappa shape index (κ1) is 23.0. The molecule has 1 saturated heterocycles. The number of para-hydroxylation sites is 1. The highest BCUT2D eigenvalue weighted by atomic mass is 16.5. The molecule has 1 atom stereocenters. The number of amides is 3. The molecule has 0 saturated carbocycles. The zero-order chi connectivity index (χ0) is 24.1. The Morgan fingerprint density at radius 2 is 1.71 bits per heavy atom. The van der Waals surface area contributed by atoms with E-state index in [1.165, 1.54) is 0 Å². The quantitative estimate of drug-likeness (QED) is 0.563. The van der Waals surface area contributed by atoms with Crippen molar-refractivity contribution in [2.75, 3.05) is 23.9 Å². The minimum absolute atomic E-state index is 0.111. The summed E-state index contributed by atoms with van der Waals surface area (Å²) >= 11 is 0. The van der Waals surface area contributed by atoms with Crippen molar-refractivity contribution in [3.8, 4) is 5.75 Å². The van der Waals surface area contributed by atoms with Crippen molar-refractivity contribution in [3.05, 3.63) is 89.5 Å². The molecule has 3 amide bonds. The van der Waals surface area contributed by atoms with Gasteiger partial charge in [0.2, 0.25) is 11.8 Å².